The van der Waals surface area contributed by atoms with Crippen LogP contribution in [0.3, 0.4) is 0 Å². The summed E-state index contributed by atoms with van der Waals surface area (Å²) in [6.07, 6.45) is 1.59. The van der Waals surface area contributed by atoms with Crippen molar-refractivity contribution in [2.75, 3.05) is 18.9 Å². The highest BCUT2D eigenvalue weighted by Gasteiger charge is 2.20. The Kier molecular flexibility index (Phi) is 5.65. The standard InChI is InChI=1S/C17H22N4O2/c1-13-9-10-18-17(16(13)21(22)23)19-14(2)11-20(3)12-15-7-5-4-6-8-15/h4-10,14H,11-12H2,1-3H3,(H,18,19). The molecule has 1 N–H and O–H groups in total. The number of pyridine rings is 1. The van der Waals surface area contributed by atoms with E-state index in [1.54, 1.807) is 19.2 Å². The minimum Gasteiger partial charge on any atom is -0.361 e. The van der Waals surface area contributed by atoms with Crippen LogP contribution in [-0.2, 0) is 6.54 Å². The summed E-state index contributed by atoms with van der Waals surface area (Å²) in [5.41, 5.74) is 1.89. The van der Waals surface area contributed by atoms with Gasteiger partial charge in [-0.2, -0.15) is 0 Å². The van der Waals surface area contributed by atoms with Crippen molar-refractivity contribution < 1.29 is 4.92 Å². The SMILES string of the molecule is Cc1ccnc(NC(C)CN(C)Cc2ccccc2)c1[N+](=O)[O-]. The number of rotatable bonds is 7. The third kappa shape index (κ3) is 4.75. The smallest absolute Gasteiger partial charge is 0.314 e. The lowest BCUT2D eigenvalue weighted by atomic mass is 10.2. The van der Waals surface area contributed by atoms with Gasteiger partial charge in [0.25, 0.3) is 0 Å². The number of benzene rings is 1. The van der Waals surface area contributed by atoms with E-state index in [1.807, 2.05) is 32.2 Å². The van der Waals surface area contributed by atoms with E-state index in [0.717, 1.165) is 13.1 Å². The van der Waals surface area contributed by atoms with Gasteiger partial charge in [0.2, 0.25) is 5.82 Å². The van der Waals surface area contributed by atoms with Gasteiger partial charge in [0.15, 0.2) is 0 Å². The molecular weight excluding hydrogens is 292 g/mol. The summed E-state index contributed by atoms with van der Waals surface area (Å²) in [5.74, 6) is 0.329. The summed E-state index contributed by atoms with van der Waals surface area (Å²) in [6.45, 7) is 5.30. The van der Waals surface area contributed by atoms with E-state index in [9.17, 15) is 10.1 Å². The van der Waals surface area contributed by atoms with Crippen molar-refractivity contribution >= 4 is 11.5 Å². The average molecular weight is 314 g/mol. The molecule has 2 aromatic rings. The van der Waals surface area contributed by atoms with Crippen molar-refractivity contribution in [3.05, 3.63) is 63.8 Å². The Labute approximate surface area is 136 Å². The van der Waals surface area contributed by atoms with Crippen LogP contribution in [-0.4, -0.2) is 34.4 Å². The van der Waals surface area contributed by atoms with Crippen molar-refractivity contribution in [1.82, 2.24) is 9.88 Å². The molecule has 0 amide bonds. The van der Waals surface area contributed by atoms with Gasteiger partial charge in [-0.15, -0.1) is 0 Å². The monoisotopic (exact) mass is 314 g/mol. The zero-order valence-corrected chi connectivity index (χ0v) is 13.7. The Hall–Kier alpha value is -2.47. The molecule has 1 heterocycles. The number of anilines is 1. The maximum atomic E-state index is 11.2. The van der Waals surface area contributed by atoms with Gasteiger partial charge in [0.05, 0.1) is 4.92 Å². The Morgan fingerprint density at radius 2 is 2.00 bits per heavy atom. The number of nitrogens with one attached hydrogen (secondary N) is 1. The van der Waals surface area contributed by atoms with Gasteiger partial charge in [0.1, 0.15) is 0 Å². The molecule has 6 heteroatoms. The van der Waals surface area contributed by atoms with Crippen LogP contribution >= 0.6 is 0 Å². The van der Waals surface area contributed by atoms with Crippen molar-refractivity contribution in [3.8, 4) is 0 Å². The molecule has 1 atom stereocenters. The van der Waals surface area contributed by atoms with Crippen molar-refractivity contribution in [1.29, 1.82) is 0 Å². The fourth-order valence-corrected chi connectivity index (χ4v) is 2.59. The van der Waals surface area contributed by atoms with Crippen LogP contribution in [0.2, 0.25) is 0 Å². The highest BCUT2D eigenvalue weighted by atomic mass is 16.6. The predicted octanol–water partition coefficient (Wildman–Crippen LogP) is 3.23. The predicted molar refractivity (Wildman–Crippen MR) is 91.5 cm³/mol. The first-order chi connectivity index (χ1) is 11.0. The number of hydrogen-bond donors (Lipinski definition) is 1. The van der Waals surface area contributed by atoms with Crippen LogP contribution in [0.4, 0.5) is 11.5 Å². The quantitative estimate of drug-likeness (QED) is 0.627. The first-order valence-electron chi connectivity index (χ1n) is 7.56. The van der Waals surface area contributed by atoms with E-state index in [1.165, 1.54) is 5.56 Å². The molecule has 0 aliphatic rings. The van der Waals surface area contributed by atoms with E-state index in [0.29, 0.717) is 11.4 Å². The van der Waals surface area contributed by atoms with E-state index in [2.05, 4.69) is 27.3 Å². The van der Waals surface area contributed by atoms with Crippen LogP contribution in [0.1, 0.15) is 18.1 Å². The van der Waals surface area contributed by atoms with Crippen LogP contribution in [0.15, 0.2) is 42.6 Å². The fourth-order valence-electron chi connectivity index (χ4n) is 2.59. The number of likely N-dealkylation sites (N-methyl/N-ethyl adjacent to an activating group) is 1. The molecule has 0 saturated carbocycles. The Balaban J connectivity index is 1.98. The summed E-state index contributed by atoms with van der Waals surface area (Å²) >= 11 is 0. The van der Waals surface area contributed by atoms with Crippen molar-refractivity contribution in [3.63, 3.8) is 0 Å². The lowest BCUT2D eigenvalue weighted by molar-refractivity contribution is -0.384. The van der Waals surface area contributed by atoms with Crippen LogP contribution in [0.5, 0.6) is 0 Å². The lowest BCUT2D eigenvalue weighted by Crippen LogP contribution is -2.32. The van der Waals surface area contributed by atoms with E-state index >= 15 is 0 Å². The highest BCUT2D eigenvalue weighted by Crippen LogP contribution is 2.25. The molecule has 122 valence electrons. The summed E-state index contributed by atoms with van der Waals surface area (Å²) in [4.78, 5) is 17.1. The molecule has 0 saturated heterocycles. The summed E-state index contributed by atoms with van der Waals surface area (Å²) < 4.78 is 0. The molecule has 0 bridgehead atoms. The largest absolute Gasteiger partial charge is 0.361 e. The summed E-state index contributed by atoms with van der Waals surface area (Å²) in [7, 11) is 2.03. The molecule has 1 aromatic carbocycles. The Bertz CT molecular complexity index is 661. The third-order valence-corrected chi connectivity index (χ3v) is 3.57. The average Bonchev–Trinajstić information content (AvgIpc) is 2.47. The lowest BCUT2D eigenvalue weighted by Gasteiger charge is -2.22. The minimum absolute atomic E-state index is 0.0386. The molecule has 23 heavy (non-hydrogen) atoms. The first-order valence-corrected chi connectivity index (χ1v) is 7.56. The molecule has 2 rings (SSSR count). The first kappa shape index (κ1) is 16.9. The van der Waals surface area contributed by atoms with Crippen LogP contribution in [0.25, 0.3) is 0 Å². The molecule has 0 radical (unpaired) electrons. The molecule has 6 nitrogen and oxygen atoms in total. The number of hydrogen-bond acceptors (Lipinski definition) is 5. The summed E-state index contributed by atoms with van der Waals surface area (Å²) in [6, 6.07) is 11.9. The van der Waals surface area contributed by atoms with Gasteiger partial charge in [-0.3, -0.25) is 10.1 Å². The second-order valence-electron chi connectivity index (χ2n) is 5.81. The summed E-state index contributed by atoms with van der Waals surface area (Å²) in [5, 5.41) is 14.4. The number of aromatic nitrogens is 1. The van der Waals surface area contributed by atoms with Crippen LogP contribution in [0, 0.1) is 17.0 Å². The highest BCUT2D eigenvalue weighted by molar-refractivity contribution is 5.60. The van der Waals surface area contributed by atoms with Crippen molar-refractivity contribution in [2.45, 2.75) is 26.4 Å². The van der Waals surface area contributed by atoms with Gasteiger partial charge in [-0.05, 0) is 32.5 Å². The zero-order chi connectivity index (χ0) is 16.8. The molecule has 1 aromatic heterocycles. The van der Waals surface area contributed by atoms with Crippen molar-refractivity contribution in [2.24, 2.45) is 0 Å². The van der Waals surface area contributed by atoms with Gasteiger partial charge < -0.3 is 10.2 Å². The van der Waals surface area contributed by atoms with E-state index < -0.39 is 0 Å². The maximum absolute atomic E-state index is 11.2. The normalized spacial score (nSPS) is 12.2. The van der Waals surface area contributed by atoms with E-state index in [-0.39, 0.29) is 16.7 Å². The van der Waals surface area contributed by atoms with Gasteiger partial charge in [-0.1, -0.05) is 30.3 Å². The fraction of sp³-hybridized carbons (Fsp3) is 0.353. The van der Waals surface area contributed by atoms with Gasteiger partial charge in [0, 0.05) is 30.9 Å². The number of nitro groups is 1. The number of nitrogens with zero attached hydrogens (tertiary/aromatic N) is 3. The molecule has 0 fully saturated rings. The van der Waals surface area contributed by atoms with Crippen LogP contribution < -0.4 is 5.32 Å². The third-order valence-electron chi connectivity index (χ3n) is 3.57. The van der Waals surface area contributed by atoms with Gasteiger partial charge in [-0.25, -0.2) is 4.98 Å². The molecule has 0 spiro atoms. The van der Waals surface area contributed by atoms with Gasteiger partial charge >= 0.3 is 5.69 Å². The van der Waals surface area contributed by atoms with E-state index in [4.69, 9.17) is 0 Å². The minimum atomic E-state index is -0.384. The maximum Gasteiger partial charge on any atom is 0.314 e. The number of aryl methyl sites for hydroxylation is 1. The second kappa shape index (κ2) is 7.69. The second-order valence-corrected chi connectivity index (χ2v) is 5.81. The Morgan fingerprint density at radius 1 is 1.30 bits per heavy atom. The molecule has 0 aliphatic heterocycles. The zero-order valence-electron chi connectivity index (χ0n) is 13.7. The molecule has 1 unspecified atom stereocenters. The molecular formula is C17H22N4O2. The molecule has 0 aliphatic carbocycles. The Morgan fingerprint density at radius 3 is 2.65 bits per heavy atom. The topological polar surface area (TPSA) is 71.3 Å².